The highest BCUT2D eigenvalue weighted by Crippen LogP contribution is 2.47. The predicted molar refractivity (Wildman–Crippen MR) is 167 cm³/mol. The molecule has 1 aliphatic heterocycles. The Morgan fingerprint density at radius 2 is 1.73 bits per heavy atom. The summed E-state index contributed by atoms with van der Waals surface area (Å²) < 4.78 is 40.0. The highest BCUT2D eigenvalue weighted by molar-refractivity contribution is 7.90. The summed E-state index contributed by atoms with van der Waals surface area (Å²) in [6, 6.07) is 12.8. The minimum atomic E-state index is -3.80. The van der Waals surface area contributed by atoms with Gasteiger partial charge in [-0.3, -0.25) is 4.79 Å². The predicted octanol–water partition coefficient (Wildman–Crippen LogP) is 6.07. The van der Waals surface area contributed by atoms with Gasteiger partial charge in [0.25, 0.3) is 5.91 Å². The zero-order chi connectivity index (χ0) is 30.6. The molecule has 1 saturated heterocycles. The molecule has 3 saturated carbocycles. The first-order valence-corrected chi connectivity index (χ1v) is 17.6. The van der Waals surface area contributed by atoms with Gasteiger partial charge in [-0.25, -0.2) is 13.1 Å². The Bertz CT molecular complexity index is 1630. The van der Waals surface area contributed by atoms with Crippen LogP contribution in [-0.4, -0.2) is 54.6 Å². The van der Waals surface area contributed by atoms with Gasteiger partial charge in [-0.2, -0.15) is 0 Å². The molecule has 4 fully saturated rings. The van der Waals surface area contributed by atoms with E-state index in [0.717, 1.165) is 49.2 Å². The second kappa shape index (κ2) is 11.9. The number of aliphatic hydroxyl groups is 1. The van der Waals surface area contributed by atoms with Crippen LogP contribution in [0.4, 0.5) is 5.69 Å². The average Bonchev–Trinajstić information content (AvgIpc) is 3.45. The van der Waals surface area contributed by atoms with Crippen molar-refractivity contribution < 1.29 is 27.6 Å². The monoisotopic (exact) mass is 659 g/mol. The SMILES string of the molecule is O=C(NS(=O)(=O)C1CCC(O)CC1)c1ccc(N2C[C@@H]3C[C@H]2C[C@H]3OCc2c(-c3c(Cl)cccc3Cl)noc2C2CC2)cc1. The number of nitrogens with one attached hydrogen (secondary N) is 1. The van der Waals surface area contributed by atoms with Gasteiger partial charge in [-0.1, -0.05) is 34.4 Å². The van der Waals surface area contributed by atoms with E-state index < -0.39 is 27.3 Å². The number of fused-ring (bicyclic) bond motifs is 2. The maximum atomic E-state index is 12.8. The minimum absolute atomic E-state index is 0.101. The molecular formula is C32H35Cl2N3O6S. The summed E-state index contributed by atoms with van der Waals surface area (Å²) >= 11 is 13.0. The number of hydrogen-bond donors (Lipinski definition) is 2. The molecule has 4 aliphatic rings. The van der Waals surface area contributed by atoms with Crippen LogP contribution in [0, 0.1) is 5.92 Å². The number of benzene rings is 2. The van der Waals surface area contributed by atoms with E-state index in [9.17, 15) is 18.3 Å². The molecule has 2 heterocycles. The number of piperidine rings is 1. The van der Waals surface area contributed by atoms with Gasteiger partial charge in [0.1, 0.15) is 11.5 Å². The molecule has 44 heavy (non-hydrogen) atoms. The number of nitrogens with zero attached hydrogens (tertiary/aromatic N) is 2. The number of ether oxygens (including phenoxy) is 1. The summed E-state index contributed by atoms with van der Waals surface area (Å²) in [6.07, 6.45) is 5.24. The summed E-state index contributed by atoms with van der Waals surface area (Å²) in [6.45, 7) is 1.22. The number of aromatic nitrogens is 1. The maximum absolute atomic E-state index is 12.8. The third-order valence-electron chi connectivity index (χ3n) is 9.66. The Morgan fingerprint density at radius 1 is 1.02 bits per heavy atom. The molecule has 2 bridgehead atoms. The number of rotatable bonds is 9. The van der Waals surface area contributed by atoms with Gasteiger partial charge in [0.2, 0.25) is 10.0 Å². The zero-order valence-electron chi connectivity index (χ0n) is 24.1. The lowest BCUT2D eigenvalue weighted by atomic mass is 9.97. The van der Waals surface area contributed by atoms with E-state index in [4.69, 9.17) is 32.5 Å². The largest absolute Gasteiger partial charge is 0.393 e. The molecule has 1 amide bonds. The number of aliphatic hydroxyl groups excluding tert-OH is 1. The summed E-state index contributed by atoms with van der Waals surface area (Å²) in [5.74, 6) is 0.961. The minimum Gasteiger partial charge on any atom is -0.393 e. The van der Waals surface area contributed by atoms with E-state index in [1.807, 2.05) is 18.2 Å². The van der Waals surface area contributed by atoms with E-state index in [1.54, 1.807) is 24.3 Å². The molecule has 3 atom stereocenters. The Hall–Kier alpha value is -2.63. The van der Waals surface area contributed by atoms with E-state index in [1.165, 1.54) is 0 Å². The average molecular weight is 661 g/mol. The van der Waals surface area contributed by atoms with E-state index in [2.05, 4.69) is 14.8 Å². The molecule has 3 aromatic rings. The highest BCUT2D eigenvalue weighted by atomic mass is 35.5. The van der Waals surface area contributed by atoms with E-state index >= 15 is 0 Å². The van der Waals surface area contributed by atoms with Crippen molar-refractivity contribution in [2.45, 2.75) is 87.4 Å². The first-order chi connectivity index (χ1) is 21.2. The third-order valence-corrected chi connectivity index (χ3v) is 12.1. The number of carbonyl (C=O) groups is 1. The highest BCUT2D eigenvalue weighted by Gasteiger charge is 2.46. The van der Waals surface area contributed by atoms with Crippen LogP contribution in [0.2, 0.25) is 10.0 Å². The van der Waals surface area contributed by atoms with Crippen molar-refractivity contribution in [1.29, 1.82) is 0 Å². The fourth-order valence-electron chi connectivity index (χ4n) is 7.10. The molecule has 7 rings (SSSR count). The van der Waals surface area contributed by atoms with Gasteiger partial charge in [0.15, 0.2) is 0 Å². The molecule has 0 spiro atoms. The van der Waals surface area contributed by atoms with Crippen molar-refractivity contribution in [3.63, 3.8) is 0 Å². The molecule has 3 aliphatic carbocycles. The van der Waals surface area contributed by atoms with Gasteiger partial charge in [-0.05, 0) is 87.8 Å². The van der Waals surface area contributed by atoms with Crippen LogP contribution in [-0.2, 0) is 21.4 Å². The van der Waals surface area contributed by atoms with E-state index in [0.29, 0.717) is 77.0 Å². The van der Waals surface area contributed by atoms with Gasteiger partial charge in [0.05, 0.1) is 34.1 Å². The Balaban J connectivity index is 0.977. The molecule has 1 aromatic heterocycles. The summed E-state index contributed by atoms with van der Waals surface area (Å²) in [5, 5.41) is 14.5. The lowest BCUT2D eigenvalue weighted by Crippen LogP contribution is -2.40. The van der Waals surface area contributed by atoms with Crippen LogP contribution < -0.4 is 9.62 Å². The second-order valence-corrected chi connectivity index (χ2v) is 15.4. The van der Waals surface area contributed by atoms with Crippen LogP contribution in [0.15, 0.2) is 47.0 Å². The lowest BCUT2D eigenvalue weighted by Gasteiger charge is -2.33. The molecule has 12 heteroatoms. The maximum Gasteiger partial charge on any atom is 0.264 e. The number of carbonyl (C=O) groups excluding carboxylic acids is 1. The first kappa shape index (κ1) is 30.0. The fraction of sp³-hybridized carbons (Fsp3) is 0.500. The fourth-order valence-corrected chi connectivity index (χ4v) is 9.11. The summed E-state index contributed by atoms with van der Waals surface area (Å²) in [7, 11) is -3.80. The van der Waals surface area contributed by atoms with Crippen LogP contribution in [0.5, 0.6) is 0 Å². The molecule has 0 radical (unpaired) electrons. The summed E-state index contributed by atoms with van der Waals surface area (Å²) in [4.78, 5) is 15.1. The van der Waals surface area contributed by atoms with Gasteiger partial charge >= 0.3 is 0 Å². The normalized spacial score (nSPS) is 26.7. The number of anilines is 1. The number of amides is 1. The van der Waals surface area contributed by atoms with Crippen LogP contribution in [0.3, 0.4) is 0 Å². The van der Waals surface area contributed by atoms with Gasteiger partial charge in [0, 0.05) is 46.8 Å². The quantitative estimate of drug-likeness (QED) is 0.284. The molecule has 9 nitrogen and oxygen atoms in total. The number of hydrogen-bond acceptors (Lipinski definition) is 8. The van der Waals surface area contributed by atoms with Gasteiger partial charge < -0.3 is 19.3 Å². The lowest BCUT2D eigenvalue weighted by molar-refractivity contribution is 0.0122. The molecule has 234 valence electrons. The smallest absolute Gasteiger partial charge is 0.264 e. The molecule has 2 N–H and O–H groups in total. The van der Waals surface area contributed by atoms with Crippen molar-refractivity contribution in [3.05, 3.63) is 69.4 Å². The van der Waals surface area contributed by atoms with E-state index in [-0.39, 0.29) is 6.10 Å². The number of sulfonamides is 1. The Labute approximate surface area is 266 Å². The second-order valence-electron chi connectivity index (χ2n) is 12.6. The standard InChI is InChI=1S/C32H35Cl2N3O6S/c33-26-2-1-3-27(34)29(26)30-25(31(43-35-30)18-4-5-18)17-42-28-15-22-14-20(28)16-37(22)21-8-6-19(7-9-21)32(39)36-44(40,41)24-12-10-23(38)11-13-24/h1-3,6-9,18,20,22-24,28,38H,4-5,10-17H2,(H,36,39)/t20-,22-,23?,24?,28+/m0/s1. The molecule has 2 aromatic carbocycles. The first-order valence-electron chi connectivity index (χ1n) is 15.3. The van der Waals surface area contributed by atoms with Crippen LogP contribution in [0.1, 0.15) is 79.0 Å². The van der Waals surface area contributed by atoms with Crippen LogP contribution in [0.25, 0.3) is 11.3 Å². The topological polar surface area (TPSA) is 122 Å². The van der Waals surface area contributed by atoms with Crippen molar-refractivity contribution >= 4 is 44.8 Å². The zero-order valence-corrected chi connectivity index (χ0v) is 26.5. The number of halogens is 2. The van der Waals surface area contributed by atoms with Crippen molar-refractivity contribution in [2.75, 3.05) is 11.4 Å². The van der Waals surface area contributed by atoms with Crippen LogP contribution >= 0.6 is 23.2 Å². The van der Waals surface area contributed by atoms with Crippen molar-refractivity contribution in [1.82, 2.24) is 9.88 Å². The van der Waals surface area contributed by atoms with Crippen molar-refractivity contribution in [2.24, 2.45) is 5.92 Å². The Kier molecular flexibility index (Phi) is 8.16. The summed E-state index contributed by atoms with van der Waals surface area (Å²) in [5.41, 5.74) is 3.56. The molecular weight excluding hydrogens is 625 g/mol. The third kappa shape index (κ3) is 5.87. The van der Waals surface area contributed by atoms with Gasteiger partial charge in [-0.15, -0.1) is 0 Å². The molecule has 0 unspecified atom stereocenters. The Morgan fingerprint density at radius 3 is 2.36 bits per heavy atom. The van der Waals surface area contributed by atoms with Crippen molar-refractivity contribution in [3.8, 4) is 11.3 Å².